The van der Waals surface area contributed by atoms with Crippen LogP contribution in [0.5, 0.6) is 0 Å². The zero-order chi connectivity index (χ0) is 11.0. The predicted octanol–water partition coefficient (Wildman–Crippen LogP) is -0.206. The number of hydrogen-bond donors (Lipinski definition) is 4. The number of nitrogens with one attached hydrogen (secondary N) is 2. The summed E-state index contributed by atoms with van der Waals surface area (Å²) in [6, 6.07) is -0.638. The van der Waals surface area contributed by atoms with Crippen LogP contribution >= 0.6 is 0 Å². The van der Waals surface area contributed by atoms with Gasteiger partial charge in [-0.05, 0) is 13.3 Å². The molecule has 0 aliphatic carbocycles. The maximum absolute atomic E-state index is 11.1. The van der Waals surface area contributed by atoms with Crippen molar-refractivity contribution in [3.8, 4) is 0 Å². The van der Waals surface area contributed by atoms with Crippen LogP contribution in [-0.2, 0) is 0 Å². The molecule has 0 rings (SSSR count). The number of aliphatic hydroxyl groups excluding tert-OH is 1. The molecule has 2 unspecified atom stereocenters. The first-order chi connectivity index (χ1) is 6.57. The molecule has 0 aromatic carbocycles. The molecule has 0 spiro atoms. The van der Waals surface area contributed by atoms with Gasteiger partial charge in [0.05, 0.1) is 6.10 Å². The van der Waals surface area contributed by atoms with Crippen LogP contribution < -0.4 is 16.4 Å². The fraction of sp³-hybridized carbons (Fsp3) is 0.889. The lowest BCUT2D eigenvalue weighted by atomic mass is 10.2. The van der Waals surface area contributed by atoms with E-state index in [2.05, 4.69) is 17.6 Å². The van der Waals surface area contributed by atoms with E-state index in [1.165, 1.54) is 0 Å². The minimum atomic E-state index is -0.606. The van der Waals surface area contributed by atoms with Crippen molar-refractivity contribution in [2.24, 2.45) is 5.73 Å². The molecule has 5 heteroatoms. The smallest absolute Gasteiger partial charge is 0.314 e. The third-order valence-electron chi connectivity index (χ3n) is 1.93. The number of urea groups is 1. The third kappa shape index (κ3) is 6.68. The Bertz CT molecular complexity index is 162. The summed E-state index contributed by atoms with van der Waals surface area (Å²) in [5.74, 6) is 0. The summed E-state index contributed by atoms with van der Waals surface area (Å²) in [5.41, 5.74) is 5.53. The van der Waals surface area contributed by atoms with Crippen molar-refractivity contribution < 1.29 is 9.90 Å². The minimum absolute atomic E-state index is 0.227. The number of aliphatic hydroxyl groups is 1. The van der Waals surface area contributed by atoms with Gasteiger partial charge in [-0.1, -0.05) is 13.3 Å². The summed E-state index contributed by atoms with van der Waals surface area (Å²) >= 11 is 0. The van der Waals surface area contributed by atoms with Crippen LogP contribution in [0.2, 0.25) is 0 Å². The largest absolute Gasteiger partial charge is 0.392 e. The van der Waals surface area contributed by atoms with E-state index in [4.69, 9.17) is 10.8 Å². The molecular weight excluding hydrogens is 182 g/mol. The van der Waals surface area contributed by atoms with Crippen molar-refractivity contribution in [3.63, 3.8) is 0 Å². The first kappa shape index (κ1) is 13.2. The van der Waals surface area contributed by atoms with E-state index < -0.39 is 12.1 Å². The van der Waals surface area contributed by atoms with Gasteiger partial charge in [-0.3, -0.25) is 0 Å². The van der Waals surface area contributed by atoms with Crippen LogP contribution in [0, 0.1) is 0 Å². The van der Waals surface area contributed by atoms with Gasteiger partial charge >= 0.3 is 6.03 Å². The van der Waals surface area contributed by atoms with Crippen LogP contribution in [0.1, 0.15) is 26.7 Å². The Kier molecular flexibility index (Phi) is 7.14. The molecular formula is C9H21N3O2. The molecule has 0 aliphatic rings. The summed E-state index contributed by atoms with van der Waals surface area (Å²) in [6.07, 6.45) is 1.41. The molecule has 0 fully saturated rings. The monoisotopic (exact) mass is 203 g/mol. The summed E-state index contributed by atoms with van der Waals surface area (Å²) in [7, 11) is 0. The Balaban J connectivity index is 3.44. The van der Waals surface area contributed by atoms with Gasteiger partial charge in [-0.15, -0.1) is 0 Å². The molecule has 84 valence electrons. The van der Waals surface area contributed by atoms with Gasteiger partial charge in [0, 0.05) is 19.1 Å². The number of carbonyl (C=O) groups excluding carboxylic acids is 1. The van der Waals surface area contributed by atoms with E-state index in [1.807, 2.05) is 0 Å². The average Bonchev–Trinajstić information content (AvgIpc) is 2.14. The van der Waals surface area contributed by atoms with Crippen LogP contribution in [0.15, 0.2) is 0 Å². The van der Waals surface area contributed by atoms with E-state index in [0.717, 1.165) is 12.8 Å². The molecule has 0 aromatic heterocycles. The van der Waals surface area contributed by atoms with Crippen molar-refractivity contribution >= 4 is 6.03 Å². The molecule has 14 heavy (non-hydrogen) atoms. The summed E-state index contributed by atoms with van der Waals surface area (Å²) < 4.78 is 0. The van der Waals surface area contributed by atoms with Crippen LogP contribution in [0.4, 0.5) is 4.79 Å². The predicted molar refractivity (Wildman–Crippen MR) is 56.0 cm³/mol. The van der Waals surface area contributed by atoms with E-state index in [-0.39, 0.29) is 12.6 Å². The van der Waals surface area contributed by atoms with Gasteiger partial charge in [0.15, 0.2) is 0 Å². The molecule has 0 aliphatic heterocycles. The third-order valence-corrected chi connectivity index (χ3v) is 1.93. The quantitative estimate of drug-likeness (QED) is 0.451. The van der Waals surface area contributed by atoms with Crippen LogP contribution in [-0.4, -0.2) is 36.4 Å². The lowest BCUT2D eigenvalue weighted by Gasteiger charge is -2.15. The number of hydrogen-bond acceptors (Lipinski definition) is 3. The molecule has 0 saturated carbocycles. The lowest BCUT2D eigenvalue weighted by Crippen LogP contribution is -2.46. The molecule has 0 heterocycles. The van der Waals surface area contributed by atoms with Crippen molar-refractivity contribution in [3.05, 3.63) is 0 Å². The lowest BCUT2D eigenvalue weighted by molar-refractivity contribution is 0.162. The van der Waals surface area contributed by atoms with Gasteiger partial charge in [0.25, 0.3) is 0 Å². The molecule has 2 atom stereocenters. The van der Waals surface area contributed by atoms with Crippen molar-refractivity contribution in [2.45, 2.75) is 38.8 Å². The van der Waals surface area contributed by atoms with Gasteiger partial charge in [0.2, 0.25) is 0 Å². The number of nitrogens with two attached hydrogens (primary N) is 1. The minimum Gasteiger partial charge on any atom is -0.392 e. The molecule has 0 saturated heterocycles. The molecule has 0 aromatic rings. The first-order valence-electron chi connectivity index (χ1n) is 5.03. The average molecular weight is 203 g/mol. The fourth-order valence-corrected chi connectivity index (χ4v) is 0.822. The van der Waals surface area contributed by atoms with Crippen molar-refractivity contribution in [1.82, 2.24) is 10.6 Å². The van der Waals surface area contributed by atoms with Crippen LogP contribution in [0.25, 0.3) is 0 Å². The second kappa shape index (κ2) is 7.58. The van der Waals surface area contributed by atoms with Crippen molar-refractivity contribution in [1.29, 1.82) is 0 Å². The second-order valence-electron chi connectivity index (χ2n) is 3.39. The summed E-state index contributed by atoms with van der Waals surface area (Å²) in [6.45, 7) is 4.62. The highest BCUT2D eigenvalue weighted by molar-refractivity contribution is 5.73. The zero-order valence-electron chi connectivity index (χ0n) is 8.92. The Hall–Kier alpha value is -0.810. The fourth-order valence-electron chi connectivity index (χ4n) is 0.822. The van der Waals surface area contributed by atoms with Crippen LogP contribution in [0.3, 0.4) is 0 Å². The number of unbranched alkanes of at least 4 members (excludes halogenated alkanes) is 1. The van der Waals surface area contributed by atoms with Gasteiger partial charge in [-0.25, -0.2) is 4.79 Å². The molecule has 5 nitrogen and oxygen atoms in total. The number of carbonyl (C=O) groups is 1. The standard InChI is InChI=1S/C9H21N3O2/c1-3-4-5-11-9(14)12-6-8(10)7(2)13/h7-8,13H,3-6,10H2,1-2H3,(H2,11,12,14). The summed E-state index contributed by atoms with van der Waals surface area (Å²) in [4.78, 5) is 11.1. The molecule has 2 amide bonds. The van der Waals surface area contributed by atoms with Gasteiger partial charge < -0.3 is 21.5 Å². The van der Waals surface area contributed by atoms with E-state index in [9.17, 15) is 4.79 Å². The normalized spacial score (nSPS) is 14.6. The highest BCUT2D eigenvalue weighted by Crippen LogP contribution is 1.86. The SMILES string of the molecule is CCCCNC(=O)NCC(N)C(C)O. The maximum atomic E-state index is 11.1. The Labute approximate surface area is 85.1 Å². The molecule has 0 radical (unpaired) electrons. The van der Waals surface area contributed by atoms with Gasteiger partial charge in [0.1, 0.15) is 0 Å². The Morgan fingerprint density at radius 3 is 2.64 bits per heavy atom. The highest BCUT2D eigenvalue weighted by atomic mass is 16.3. The summed E-state index contributed by atoms with van der Waals surface area (Å²) in [5, 5.41) is 14.3. The molecule has 0 bridgehead atoms. The number of amides is 2. The zero-order valence-corrected chi connectivity index (χ0v) is 8.92. The van der Waals surface area contributed by atoms with E-state index in [1.54, 1.807) is 6.92 Å². The van der Waals surface area contributed by atoms with E-state index in [0.29, 0.717) is 6.54 Å². The second-order valence-corrected chi connectivity index (χ2v) is 3.39. The van der Waals surface area contributed by atoms with Crippen molar-refractivity contribution in [2.75, 3.05) is 13.1 Å². The molecule has 5 N–H and O–H groups in total. The maximum Gasteiger partial charge on any atom is 0.314 e. The first-order valence-corrected chi connectivity index (χ1v) is 5.03. The highest BCUT2D eigenvalue weighted by Gasteiger charge is 2.09. The van der Waals surface area contributed by atoms with E-state index >= 15 is 0 Å². The Morgan fingerprint density at radius 1 is 1.50 bits per heavy atom. The number of rotatable bonds is 6. The van der Waals surface area contributed by atoms with Gasteiger partial charge in [-0.2, -0.15) is 0 Å². The Morgan fingerprint density at radius 2 is 2.14 bits per heavy atom. The topological polar surface area (TPSA) is 87.4 Å².